The molecule has 1 atom stereocenters. The summed E-state index contributed by atoms with van der Waals surface area (Å²) in [5.41, 5.74) is 2.18. The number of hydrogen-bond donors (Lipinski definition) is 1. The first-order valence-corrected chi connectivity index (χ1v) is 7.68. The third kappa shape index (κ3) is 4.01. The zero-order valence-corrected chi connectivity index (χ0v) is 13.5. The van der Waals surface area contributed by atoms with Crippen molar-refractivity contribution in [1.82, 2.24) is 10.2 Å². The first-order valence-electron chi connectivity index (χ1n) is 6.86. The summed E-state index contributed by atoms with van der Waals surface area (Å²) in [6, 6.07) is 5.87. The number of anilines is 1. The molecule has 0 unspecified atom stereocenters. The quantitative estimate of drug-likeness (QED) is 0.922. The van der Waals surface area contributed by atoms with Gasteiger partial charge >= 0.3 is 0 Å². The van der Waals surface area contributed by atoms with Crippen LogP contribution in [0.3, 0.4) is 0 Å². The maximum absolute atomic E-state index is 12.1. The Morgan fingerprint density at radius 1 is 1.38 bits per heavy atom. The van der Waals surface area contributed by atoms with Gasteiger partial charge in [0, 0.05) is 0 Å². The number of carbonyl (C=O) groups is 1. The minimum Gasteiger partial charge on any atom is -0.481 e. The van der Waals surface area contributed by atoms with Gasteiger partial charge in [0.05, 0.1) is 0 Å². The van der Waals surface area contributed by atoms with Crippen LogP contribution in [0.25, 0.3) is 0 Å². The number of nitrogens with zero attached hydrogens (tertiary/aromatic N) is 2. The molecule has 1 heterocycles. The second-order valence-electron chi connectivity index (χ2n) is 4.87. The lowest BCUT2D eigenvalue weighted by Crippen LogP contribution is -2.30. The number of ether oxygens (including phenoxy) is 1. The molecule has 6 heteroatoms. The minimum atomic E-state index is -0.597. The minimum absolute atomic E-state index is 0.228. The third-order valence-corrected chi connectivity index (χ3v) is 3.99. The molecule has 5 nitrogen and oxygen atoms in total. The van der Waals surface area contributed by atoms with Crippen LogP contribution in [0.1, 0.15) is 30.0 Å². The van der Waals surface area contributed by atoms with Gasteiger partial charge in [0.2, 0.25) is 5.13 Å². The van der Waals surface area contributed by atoms with Gasteiger partial charge in [-0.15, -0.1) is 10.2 Å². The van der Waals surface area contributed by atoms with Crippen LogP contribution in [0.15, 0.2) is 18.2 Å². The highest BCUT2D eigenvalue weighted by Crippen LogP contribution is 2.21. The molecule has 21 heavy (non-hydrogen) atoms. The number of aryl methyl sites for hydroxylation is 3. The van der Waals surface area contributed by atoms with Crippen LogP contribution < -0.4 is 10.1 Å². The van der Waals surface area contributed by atoms with E-state index >= 15 is 0 Å². The number of amides is 1. The Morgan fingerprint density at radius 2 is 2.14 bits per heavy atom. The average Bonchev–Trinajstić information content (AvgIpc) is 2.89. The maximum atomic E-state index is 12.1. The number of rotatable bonds is 5. The smallest absolute Gasteiger partial charge is 0.266 e. The largest absolute Gasteiger partial charge is 0.481 e. The van der Waals surface area contributed by atoms with Crippen molar-refractivity contribution < 1.29 is 9.53 Å². The van der Waals surface area contributed by atoms with Gasteiger partial charge in [0.1, 0.15) is 10.8 Å². The molecule has 0 aliphatic heterocycles. The molecule has 1 N–H and O–H groups in total. The van der Waals surface area contributed by atoms with Crippen LogP contribution in [0.4, 0.5) is 5.13 Å². The van der Waals surface area contributed by atoms with Gasteiger partial charge < -0.3 is 4.74 Å². The third-order valence-electron chi connectivity index (χ3n) is 3.00. The SMILES string of the molecule is CCc1nnc(NC(=O)[C@@H](C)Oc2ccc(C)cc2C)s1. The highest BCUT2D eigenvalue weighted by molar-refractivity contribution is 7.15. The summed E-state index contributed by atoms with van der Waals surface area (Å²) >= 11 is 1.38. The van der Waals surface area contributed by atoms with Crippen LogP contribution in [0.2, 0.25) is 0 Å². The Morgan fingerprint density at radius 3 is 2.76 bits per heavy atom. The van der Waals surface area contributed by atoms with Gasteiger partial charge in [0.25, 0.3) is 5.91 Å². The second-order valence-corrected chi connectivity index (χ2v) is 5.93. The van der Waals surface area contributed by atoms with Crippen LogP contribution in [-0.4, -0.2) is 22.2 Å². The molecule has 0 spiro atoms. The van der Waals surface area contributed by atoms with Gasteiger partial charge in [-0.05, 0) is 38.8 Å². The first kappa shape index (κ1) is 15.4. The maximum Gasteiger partial charge on any atom is 0.266 e. The molecule has 112 valence electrons. The second kappa shape index (κ2) is 6.67. The molecule has 0 bridgehead atoms. The van der Waals surface area contributed by atoms with E-state index in [0.717, 1.165) is 28.3 Å². The average molecular weight is 305 g/mol. The monoisotopic (exact) mass is 305 g/mol. The van der Waals surface area contributed by atoms with Crippen LogP contribution >= 0.6 is 11.3 Å². The molecular weight excluding hydrogens is 286 g/mol. The van der Waals surface area contributed by atoms with E-state index in [1.54, 1.807) is 6.92 Å². The molecular formula is C15H19N3O2S. The summed E-state index contributed by atoms with van der Waals surface area (Å²) in [5.74, 6) is 0.489. The van der Waals surface area contributed by atoms with E-state index in [2.05, 4.69) is 15.5 Å². The topological polar surface area (TPSA) is 64.1 Å². The normalized spacial score (nSPS) is 12.0. The van der Waals surface area contributed by atoms with Gasteiger partial charge in [-0.2, -0.15) is 0 Å². The van der Waals surface area contributed by atoms with Crippen molar-refractivity contribution in [3.63, 3.8) is 0 Å². The van der Waals surface area contributed by atoms with Crippen LogP contribution in [0, 0.1) is 13.8 Å². The Bertz CT molecular complexity index is 640. The Kier molecular flexibility index (Phi) is 4.90. The van der Waals surface area contributed by atoms with E-state index in [9.17, 15) is 4.79 Å². The summed E-state index contributed by atoms with van der Waals surface area (Å²) < 4.78 is 5.71. The molecule has 2 aromatic rings. The fourth-order valence-corrected chi connectivity index (χ4v) is 2.51. The molecule has 1 aromatic heterocycles. The van der Waals surface area contributed by atoms with Gasteiger partial charge in [-0.1, -0.05) is 36.0 Å². The highest BCUT2D eigenvalue weighted by Gasteiger charge is 2.17. The van der Waals surface area contributed by atoms with Crippen molar-refractivity contribution in [2.45, 2.75) is 40.2 Å². The Hall–Kier alpha value is -1.95. The van der Waals surface area contributed by atoms with E-state index in [-0.39, 0.29) is 5.91 Å². The summed E-state index contributed by atoms with van der Waals surface area (Å²) in [6.07, 6.45) is 0.211. The van der Waals surface area contributed by atoms with Gasteiger partial charge in [-0.25, -0.2) is 0 Å². The van der Waals surface area contributed by atoms with Crippen molar-refractivity contribution in [3.05, 3.63) is 34.3 Å². The standard InChI is InChI=1S/C15H19N3O2S/c1-5-13-17-18-15(21-13)16-14(19)11(4)20-12-7-6-9(2)8-10(12)3/h6-8,11H,5H2,1-4H3,(H,16,18,19)/t11-/m1/s1. The summed E-state index contributed by atoms with van der Waals surface area (Å²) in [7, 11) is 0. The van der Waals surface area contributed by atoms with Crippen LogP contribution in [0.5, 0.6) is 5.75 Å². The number of aromatic nitrogens is 2. The molecule has 0 saturated carbocycles. The molecule has 0 aliphatic carbocycles. The fourth-order valence-electron chi connectivity index (χ4n) is 1.83. The number of nitrogens with one attached hydrogen (secondary N) is 1. The molecule has 1 amide bonds. The fraction of sp³-hybridized carbons (Fsp3) is 0.400. The van der Waals surface area contributed by atoms with Crippen molar-refractivity contribution >= 4 is 22.4 Å². The summed E-state index contributed by atoms with van der Waals surface area (Å²) in [4.78, 5) is 12.1. The van der Waals surface area contributed by atoms with Gasteiger partial charge in [0.15, 0.2) is 6.10 Å². The zero-order chi connectivity index (χ0) is 15.4. The lowest BCUT2D eigenvalue weighted by atomic mass is 10.1. The Balaban J connectivity index is 1.98. The van der Waals surface area contributed by atoms with E-state index in [1.165, 1.54) is 11.3 Å². The van der Waals surface area contributed by atoms with Crippen LogP contribution in [-0.2, 0) is 11.2 Å². The van der Waals surface area contributed by atoms with Gasteiger partial charge in [-0.3, -0.25) is 10.1 Å². The molecule has 0 radical (unpaired) electrons. The Labute approximate surface area is 128 Å². The van der Waals surface area contributed by atoms with E-state index < -0.39 is 6.10 Å². The van der Waals surface area contributed by atoms with Crippen molar-refractivity contribution in [1.29, 1.82) is 0 Å². The van der Waals surface area contributed by atoms with E-state index in [0.29, 0.717) is 5.13 Å². The number of hydrogen-bond acceptors (Lipinski definition) is 5. The van der Waals surface area contributed by atoms with Crippen molar-refractivity contribution in [2.75, 3.05) is 5.32 Å². The molecule has 1 aromatic carbocycles. The van der Waals surface area contributed by atoms with Crippen molar-refractivity contribution in [2.24, 2.45) is 0 Å². The highest BCUT2D eigenvalue weighted by atomic mass is 32.1. The summed E-state index contributed by atoms with van der Waals surface area (Å²) in [6.45, 7) is 7.70. The summed E-state index contributed by atoms with van der Waals surface area (Å²) in [5, 5.41) is 12.0. The van der Waals surface area contributed by atoms with Crippen molar-refractivity contribution in [3.8, 4) is 5.75 Å². The predicted molar refractivity (Wildman–Crippen MR) is 83.9 cm³/mol. The lowest BCUT2D eigenvalue weighted by molar-refractivity contribution is -0.122. The molecule has 0 saturated heterocycles. The lowest BCUT2D eigenvalue weighted by Gasteiger charge is -2.15. The number of benzene rings is 1. The number of carbonyl (C=O) groups excluding carboxylic acids is 1. The van der Waals surface area contributed by atoms with E-state index in [4.69, 9.17) is 4.74 Å². The molecule has 2 rings (SSSR count). The zero-order valence-electron chi connectivity index (χ0n) is 12.6. The van der Waals surface area contributed by atoms with E-state index in [1.807, 2.05) is 39.0 Å². The first-order chi connectivity index (χ1) is 9.99. The molecule has 0 aliphatic rings. The molecule has 0 fully saturated rings. The predicted octanol–water partition coefficient (Wildman–Crippen LogP) is 3.12.